The molecule has 122 valence electrons. The first-order valence-electron chi connectivity index (χ1n) is 7.62. The Morgan fingerprint density at radius 1 is 0.792 bits per heavy atom. The predicted molar refractivity (Wildman–Crippen MR) is 101 cm³/mol. The van der Waals surface area contributed by atoms with E-state index in [9.17, 15) is 0 Å². The third kappa shape index (κ3) is 4.09. The molecule has 0 aliphatic heterocycles. The molecule has 0 unspecified atom stereocenters. The summed E-state index contributed by atoms with van der Waals surface area (Å²) in [7, 11) is 0. The molecule has 0 saturated heterocycles. The monoisotopic (exact) mass is 357 g/mol. The van der Waals surface area contributed by atoms with E-state index in [1.54, 1.807) is 6.07 Å². The Labute approximate surface area is 151 Å². The molecule has 0 spiro atoms. The number of hydrogen-bond acceptors (Lipinski definition) is 2. The number of hydrogen-bond donors (Lipinski definition) is 1. The van der Waals surface area contributed by atoms with Crippen LogP contribution in [0.1, 0.15) is 11.1 Å². The Balaban J connectivity index is 1.96. The molecule has 0 aromatic heterocycles. The van der Waals surface area contributed by atoms with Crippen molar-refractivity contribution >= 4 is 23.2 Å². The summed E-state index contributed by atoms with van der Waals surface area (Å²) in [6.45, 7) is 0.939. The van der Waals surface area contributed by atoms with Crippen LogP contribution in [0.2, 0.25) is 10.0 Å². The summed E-state index contributed by atoms with van der Waals surface area (Å²) in [4.78, 5) is 0. The number of rotatable bonds is 5. The Kier molecular flexibility index (Phi) is 5.41. The van der Waals surface area contributed by atoms with Crippen molar-refractivity contribution in [3.63, 3.8) is 0 Å². The van der Waals surface area contributed by atoms with Gasteiger partial charge in [0.25, 0.3) is 0 Å². The molecule has 3 aromatic rings. The topological polar surface area (TPSA) is 35.2 Å². The molecule has 2 N–H and O–H groups in total. The lowest BCUT2D eigenvalue weighted by atomic mass is 10.0. The summed E-state index contributed by atoms with van der Waals surface area (Å²) in [6, 6.07) is 21.4. The van der Waals surface area contributed by atoms with Gasteiger partial charge in [-0.3, -0.25) is 0 Å². The fraction of sp³-hybridized carbons (Fsp3) is 0.100. The summed E-state index contributed by atoms with van der Waals surface area (Å²) < 4.78 is 6.06. The van der Waals surface area contributed by atoms with Gasteiger partial charge in [0.2, 0.25) is 0 Å². The van der Waals surface area contributed by atoms with Crippen molar-refractivity contribution < 1.29 is 4.74 Å². The summed E-state index contributed by atoms with van der Waals surface area (Å²) in [5, 5.41) is 1.18. The summed E-state index contributed by atoms with van der Waals surface area (Å²) in [6.07, 6.45) is 0. The molecule has 24 heavy (non-hydrogen) atoms. The third-order valence-electron chi connectivity index (χ3n) is 3.69. The van der Waals surface area contributed by atoms with Crippen LogP contribution in [-0.2, 0) is 13.2 Å². The van der Waals surface area contributed by atoms with Crippen molar-refractivity contribution in [2.45, 2.75) is 13.2 Å². The van der Waals surface area contributed by atoms with Crippen molar-refractivity contribution in [1.29, 1.82) is 0 Å². The predicted octanol–water partition coefficient (Wildman–Crippen LogP) is 5.70. The van der Waals surface area contributed by atoms with Crippen LogP contribution in [0, 0.1) is 0 Å². The van der Waals surface area contributed by atoms with Gasteiger partial charge in [-0.1, -0.05) is 65.7 Å². The molecule has 3 aromatic carbocycles. The van der Waals surface area contributed by atoms with Crippen LogP contribution in [0.4, 0.5) is 0 Å². The van der Waals surface area contributed by atoms with E-state index in [0.717, 1.165) is 28.0 Å². The van der Waals surface area contributed by atoms with E-state index in [1.807, 2.05) is 60.7 Å². The van der Waals surface area contributed by atoms with Gasteiger partial charge in [0, 0.05) is 22.2 Å². The molecule has 0 amide bonds. The summed E-state index contributed by atoms with van der Waals surface area (Å²) >= 11 is 12.3. The fourth-order valence-corrected chi connectivity index (χ4v) is 3.02. The van der Waals surface area contributed by atoms with E-state index < -0.39 is 0 Å². The molecule has 0 fully saturated rings. The quantitative estimate of drug-likeness (QED) is 0.635. The summed E-state index contributed by atoms with van der Waals surface area (Å²) in [5.74, 6) is 0.764. The highest BCUT2D eigenvalue weighted by Gasteiger charge is 2.10. The van der Waals surface area contributed by atoms with Gasteiger partial charge in [0.15, 0.2) is 0 Å². The van der Waals surface area contributed by atoms with Gasteiger partial charge in [0.05, 0.1) is 0 Å². The highest BCUT2D eigenvalue weighted by molar-refractivity contribution is 6.35. The molecule has 0 bridgehead atoms. The van der Waals surface area contributed by atoms with Gasteiger partial charge in [-0.15, -0.1) is 0 Å². The second kappa shape index (κ2) is 7.71. The molecule has 2 nitrogen and oxygen atoms in total. The van der Waals surface area contributed by atoms with Crippen LogP contribution in [0.5, 0.6) is 5.75 Å². The molecule has 0 saturated carbocycles. The zero-order chi connectivity index (χ0) is 16.9. The zero-order valence-electron chi connectivity index (χ0n) is 13.0. The molecule has 0 heterocycles. The van der Waals surface area contributed by atoms with E-state index in [0.29, 0.717) is 23.2 Å². The van der Waals surface area contributed by atoms with E-state index in [4.69, 9.17) is 33.7 Å². The first-order valence-corrected chi connectivity index (χ1v) is 8.37. The minimum atomic E-state index is 0.457. The molecular formula is C20H17Cl2NO. The van der Waals surface area contributed by atoms with Crippen LogP contribution in [-0.4, -0.2) is 0 Å². The highest BCUT2D eigenvalue weighted by Crippen LogP contribution is 2.34. The zero-order valence-corrected chi connectivity index (χ0v) is 14.5. The SMILES string of the molecule is NCc1ccc(-c2cc(Cl)cc(Cl)c2)c(OCc2ccccc2)c1. The normalized spacial score (nSPS) is 10.6. The maximum atomic E-state index is 6.14. The van der Waals surface area contributed by atoms with Crippen LogP contribution in [0.15, 0.2) is 66.7 Å². The molecule has 0 atom stereocenters. The average molecular weight is 358 g/mol. The van der Waals surface area contributed by atoms with Crippen LogP contribution in [0.3, 0.4) is 0 Å². The van der Waals surface area contributed by atoms with Crippen LogP contribution >= 0.6 is 23.2 Å². The average Bonchev–Trinajstić information content (AvgIpc) is 2.59. The van der Waals surface area contributed by atoms with E-state index in [-0.39, 0.29) is 0 Å². The van der Waals surface area contributed by atoms with Gasteiger partial charge in [-0.05, 0) is 41.0 Å². The fourth-order valence-electron chi connectivity index (χ4n) is 2.50. The maximum Gasteiger partial charge on any atom is 0.127 e. The van der Waals surface area contributed by atoms with Crippen molar-refractivity contribution in [3.05, 3.63) is 87.9 Å². The van der Waals surface area contributed by atoms with Gasteiger partial charge in [-0.25, -0.2) is 0 Å². The lowest BCUT2D eigenvalue weighted by molar-refractivity contribution is 0.307. The standard InChI is InChI=1S/C20H17Cl2NO/c21-17-9-16(10-18(22)11-17)19-7-6-15(12-23)8-20(19)24-13-14-4-2-1-3-5-14/h1-11H,12-13,23H2. The third-order valence-corrected chi connectivity index (χ3v) is 4.13. The van der Waals surface area contributed by atoms with Crippen molar-refractivity contribution in [2.24, 2.45) is 5.73 Å². The lowest BCUT2D eigenvalue weighted by Gasteiger charge is -2.14. The Morgan fingerprint density at radius 2 is 1.50 bits per heavy atom. The van der Waals surface area contributed by atoms with Gasteiger partial charge < -0.3 is 10.5 Å². The van der Waals surface area contributed by atoms with Gasteiger partial charge in [-0.2, -0.15) is 0 Å². The van der Waals surface area contributed by atoms with Crippen LogP contribution < -0.4 is 10.5 Å². The molecule has 0 radical (unpaired) electrons. The number of ether oxygens (including phenoxy) is 1. The van der Waals surface area contributed by atoms with Gasteiger partial charge in [0.1, 0.15) is 12.4 Å². The van der Waals surface area contributed by atoms with Crippen molar-refractivity contribution in [2.75, 3.05) is 0 Å². The van der Waals surface area contributed by atoms with Crippen molar-refractivity contribution in [1.82, 2.24) is 0 Å². The molecule has 4 heteroatoms. The smallest absolute Gasteiger partial charge is 0.127 e. The second-order valence-electron chi connectivity index (χ2n) is 5.47. The number of benzene rings is 3. The van der Waals surface area contributed by atoms with E-state index in [1.165, 1.54) is 0 Å². The first-order chi connectivity index (χ1) is 11.7. The molecular weight excluding hydrogens is 341 g/mol. The maximum absolute atomic E-state index is 6.14. The van der Waals surface area contributed by atoms with Gasteiger partial charge >= 0.3 is 0 Å². The lowest BCUT2D eigenvalue weighted by Crippen LogP contribution is -2.00. The van der Waals surface area contributed by atoms with Crippen LogP contribution in [0.25, 0.3) is 11.1 Å². The van der Waals surface area contributed by atoms with E-state index >= 15 is 0 Å². The Morgan fingerprint density at radius 3 is 2.17 bits per heavy atom. The number of halogens is 2. The molecule has 0 aliphatic rings. The van der Waals surface area contributed by atoms with E-state index in [2.05, 4.69) is 0 Å². The Bertz CT molecular complexity index is 814. The first kappa shape index (κ1) is 16.8. The minimum Gasteiger partial charge on any atom is -0.488 e. The highest BCUT2D eigenvalue weighted by atomic mass is 35.5. The second-order valence-corrected chi connectivity index (χ2v) is 6.34. The molecule has 3 rings (SSSR count). The largest absolute Gasteiger partial charge is 0.488 e. The minimum absolute atomic E-state index is 0.457. The van der Waals surface area contributed by atoms with Crippen molar-refractivity contribution in [3.8, 4) is 16.9 Å². The molecule has 0 aliphatic carbocycles. The summed E-state index contributed by atoms with van der Waals surface area (Å²) in [5.41, 5.74) is 9.73. The number of nitrogens with two attached hydrogens (primary N) is 1. The Hall–Kier alpha value is -2.00.